The van der Waals surface area contributed by atoms with E-state index < -0.39 is 15.8 Å². The minimum atomic E-state index is -3.71. The summed E-state index contributed by atoms with van der Waals surface area (Å²) >= 11 is 1.49. The van der Waals surface area contributed by atoms with Gasteiger partial charge in [0.05, 0.1) is 32.9 Å². The van der Waals surface area contributed by atoms with E-state index in [0.29, 0.717) is 89.9 Å². The minimum absolute atomic E-state index is 0.0663. The van der Waals surface area contributed by atoms with Crippen molar-refractivity contribution in [3.8, 4) is 21.7 Å². The Balaban J connectivity index is 0.835. The number of carbonyl (C=O) groups is 4. The molecule has 0 bridgehead atoms. The summed E-state index contributed by atoms with van der Waals surface area (Å²) in [5.74, 6) is -0.730. The average Bonchev–Trinajstić information content (AvgIpc) is 3.72. The van der Waals surface area contributed by atoms with E-state index in [1.807, 2.05) is 34.1 Å². The van der Waals surface area contributed by atoms with Gasteiger partial charge in [0, 0.05) is 87.6 Å². The van der Waals surface area contributed by atoms with Crippen LogP contribution >= 0.6 is 11.3 Å². The summed E-state index contributed by atoms with van der Waals surface area (Å²) in [7, 11) is -3.71. The van der Waals surface area contributed by atoms with Gasteiger partial charge in [-0.3, -0.25) is 34.2 Å². The van der Waals surface area contributed by atoms with Crippen LogP contribution in [0.25, 0.3) is 21.7 Å². The molecule has 7 heterocycles. The summed E-state index contributed by atoms with van der Waals surface area (Å²) in [4.78, 5) is 71.8. The van der Waals surface area contributed by atoms with Crippen LogP contribution in [0.2, 0.25) is 0 Å². The third kappa shape index (κ3) is 9.47. The normalized spacial score (nSPS) is 19.8. The van der Waals surface area contributed by atoms with Crippen molar-refractivity contribution in [2.45, 2.75) is 76.5 Å². The first-order valence-electron chi connectivity index (χ1n) is 21.3. The standard InChI is InChI=1S/C44H51FN8O6S2/c1-2-26-61(58,59)50-35-5-3-4-34(38(35)45)39-40(28-10-18-46-19-11-28)60-42(49-39)29-12-22-52(23-13-29)44(57)31-16-24-53(25-17-31)43(56)30-14-20-51(21-15-30)36-8-6-32(27-47-36)33-7-9-37(54)48-41(33)55/h3-6,8,10-11,18-19,27,29-31,33,50H,2,7,9,12-17,20-26H2,1H3,(H,48,54,55)/t33-/m0/s1. The number of anilines is 2. The van der Waals surface area contributed by atoms with Crippen molar-refractivity contribution in [3.63, 3.8) is 0 Å². The second-order valence-corrected chi connectivity index (χ2v) is 19.3. The van der Waals surface area contributed by atoms with E-state index in [4.69, 9.17) is 4.98 Å². The molecule has 4 fully saturated rings. The Morgan fingerprint density at radius 1 is 0.869 bits per heavy atom. The van der Waals surface area contributed by atoms with Crippen LogP contribution in [0.3, 0.4) is 0 Å². The first kappa shape index (κ1) is 42.4. The molecule has 0 spiro atoms. The summed E-state index contributed by atoms with van der Waals surface area (Å²) in [5.41, 5.74) is 2.17. The lowest BCUT2D eigenvalue weighted by Crippen LogP contribution is -2.48. The summed E-state index contributed by atoms with van der Waals surface area (Å²) in [6, 6.07) is 12.2. The average molecular weight is 871 g/mol. The maximum Gasteiger partial charge on any atom is 0.234 e. The van der Waals surface area contributed by atoms with Crippen molar-refractivity contribution < 1.29 is 32.0 Å². The van der Waals surface area contributed by atoms with Gasteiger partial charge in [0.25, 0.3) is 0 Å². The molecule has 61 heavy (non-hydrogen) atoms. The molecule has 3 aromatic heterocycles. The molecular weight excluding hydrogens is 820 g/mol. The first-order valence-corrected chi connectivity index (χ1v) is 23.8. The molecule has 0 aliphatic carbocycles. The maximum absolute atomic E-state index is 16.0. The van der Waals surface area contributed by atoms with E-state index in [9.17, 15) is 27.6 Å². The van der Waals surface area contributed by atoms with Gasteiger partial charge < -0.3 is 14.7 Å². The van der Waals surface area contributed by atoms with Gasteiger partial charge >= 0.3 is 0 Å². The molecule has 8 rings (SSSR count). The highest BCUT2D eigenvalue weighted by Gasteiger charge is 2.36. The van der Waals surface area contributed by atoms with E-state index >= 15 is 4.39 Å². The molecule has 4 saturated heterocycles. The highest BCUT2D eigenvalue weighted by Crippen LogP contribution is 2.43. The quantitative estimate of drug-likeness (QED) is 0.172. The van der Waals surface area contributed by atoms with E-state index in [1.165, 1.54) is 17.4 Å². The number of amides is 4. The number of hydrogen-bond donors (Lipinski definition) is 2. The molecule has 0 unspecified atom stereocenters. The van der Waals surface area contributed by atoms with Gasteiger partial charge in [0.15, 0.2) is 5.82 Å². The number of rotatable bonds is 11. The van der Waals surface area contributed by atoms with Crippen LogP contribution in [0, 0.1) is 17.7 Å². The van der Waals surface area contributed by atoms with Crippen molar-refractivity contribution in [2.24, 2.45) is 11.8 Å². The summed E-state index contributed by atoms with van der Waals surface area (Å²) in [6.07, 6.45) is 10.4. The van der Waals surface area contributed by atoms with E-state index in [0.717, 1.165) is 39.7 Å². The number of thiazole rings is 1. The predicted molar refractivity (Wildman–Crippen MR) is 231 cm³/mol. The van der Waals surface area contributed by atoms with E-state index in [-0.39, 0.29) is 64.3 Å². The number of halogens is 1. The first-order chi connectivity index (χ1) is 29.5. The number of aromatic nitrogens is 3. The number of sulfonamides is 1. The monoisotopic (exact) mass is 870 g/mol. The number of nitrogens with zero attached hydrogens (tertiary/aromatic N) is 6. The lowest BCUT2D eigenvalue weighted by atomic mass is 9.90. The van der Waals surface area contributed by atoms with Gasteiger partial charge in [-0.25, -0.2) is 22.8 Å². The maximum atomic E-state index is 16.0. The van der Waals surface area contributed by atoms with Crippen molar-refractivity contribution >= 4 is 56.5 Å². The zero-order valence-corrected chi connectivity index (χ0v) is 35.9. The summed E-state index contributed by atoms with van der Waals surface area (Å²) in [5, 5.41) is 3.25. The Morgan fingerprint density at radius 2 is 1.52 bits per heavy atom. The van der Waals surface area contributed by atoms with E-state index in [2.05, 4.69) is 24.9 Å². The Bertz CT molecular complexity index is 2360. The largest absolute Gasteiger partial charge is 0.357 e. The van der Waals surface area contributed by atoms with Crippen LogP contribution in [0.1, 0.15) is 87.1 Å². The molecule has 2 N–H and O–H groups in total. The SMILES string of the molecule is CCCS(=O)(=O)Nc1cccc(-c2nc(C3CCN(C(=O)C4CCN(C(=O)C5CCN(c6ccc([C@@H]7CCC(=O)NC7=O)cn6)CC5)CC4)CC3)sc2-c2ccncc2)c1F. The topological polar surface area (TPSA) is 175 Å². The number of hydrogen-bond acceptors (Lipinski definition) is 11. The third-order valence-electron chi connectivity index (χ3n) is 12.5. The second kappa shape index (κ2) is 18.4. The van der Waals surface area contributed by atoms with Gasteiger partial charge in [-0.15, -0.1) is 11.3 Å². The van der Waals surface area contributed by atoms with Crippen molar-refractivity contribution in [3.05, 3.63) is 77.4 Å². The molecule has 1 aromatic carbocycles. The Kier molecular flexibility index (Phi) is 12.8. The highest BCUT2D eigenvalue weighted by molar-refractivity contribution is 7.92. The fraction of sp³-hybridized carbons (Fsp3) is 0.477. The number of benzene rings is 1. The molecule has 17 heteroatoms. The summed E-state index contributed by atoms with van der Waals surface area (Å²) in [6.45, 7) is 5.44. The number of piperidine rings is 4. The number of carbonyl (C=O) groups excluding carboxylic acids is 4. The molecular formula is C44H51FN8O6S2. The highest BCUT2D eigenvalue weighted by atomic mass is 32.2. The molecule has 322 valence electrons. The molecule has 4 aliphatic heterocycles. The van der Waals surface area contributed by atoms with Crippen LogP contribution in [0.15, 0.2) is 61.1 Å². The van der Waals surface area contributed by atoms with Crippen molar-refractivity contribution in [1.29, 1.82) is 0 Å². The Labute approximate surface area is 359 Å². The molecule has 14 nitrogen and oxygen atoms in total. The van der Waals surface area contributed by atoms with Gasteiger partial charge in [-0.2, -0.15) is 0 Å². The fourth-order valence-electron chi connectivity index (χ4n) is 9.04. The Hall–Kier alpha value is -5.29. The lowest BCUT2D eigenvalue weighted by Gasteiger charge is -2.39. The predicted octanol–water partition coefficient (Wildman–Crippen LogP) is 5.94. The number of nitrogens with one attached hydrogen (secondary N) is 2. The molecule has 0 radical (unpaired) electrons. The lowest BCUT2D eigenvalue weighted by molar-refractivity contribution is -0.143. The van der Waals surface area contributed by atoms with Crippen LogP contribution in [0.4, 0.5) is 15.9 Å². The minimum Gasteiger partial charge on any atom is -0.357 e. The number of likely N-dealkylation sites (tertiary alicyclic amines) is 2. The number of pyridine rings is 2. The van der Waals surface area contributed by atoms with Crippen LogP contribution in [-0.2, 0) is 29.2 Å². The molecule has 4 aromatic rings. The fourth-order valence-corrected chi connectivity index (χ4v) is 11.4. The molecule has 0 saturated carbocycles. The van der Waals surface area contributed by atoms with Crippen molar-refractivity contribution in [1.82, 2.24) is 30.1 Å². The summed E-state index contributed by atoms with van der Waals surface area (Å²) < 4.78 is 43.5. The number of imide groups is 1. The second-order valence-electron chi connectivity index (χ2n) is 16.5. The van der Waals surface area contributed by atoms with Gasteiger partial charge in [0.2, 0.25) is 33.7 Å². The van der Waals surface area contributed by atoms with Gasteiger partial charge in [-0.1, -0.05) is 19.1 Å². The van der Waals surface area contributed by atoms with Crippen molar-refractivity contribution in [2.75, 3.05) is 54.6 Å². The van der Waals surface area contributed by atoms with Crippen LogP contribution < -0.4 is 14.9 Å². The zero-order chi connectivity index (χ0) is 42.7. The molecule has 1 atom stereocenters. The van der Waals surface area contributed by atoms with Gasteiger partial charge in [-0.05, 0) is 92.8 Å². The molecule has 4 aliphatic rings. The van der Waals surface area contributed by atoms with Crippen LogP contribution in [-0.4, -0.2) is 102 Å². The zero-order valence-electron chi connectivity index (χ0n) is 34.2. The Morgan fingerprint density at radius 3 is 2.15 bits per heavy atom. The molecule has 4 amide bonds. The van der Waals surface area contributed by atoms with Gasteiger partial charge in [0.1, 0.15) is 5.82 Å². The third-order valence-corrected chi connectivity index (χ3v) is 15.2. The van der Waals surface area contributed by atoms with Crippen LogP contribution in [0.5, 0.6) is 0 Å². The van der Waals surface area contributed by atoms with E-state index in [1.54, 1.807) is 37.6 Å². The smallest absolute Gasteiger partial charge is 0.234 e.